The summed E-state index contributed by atoms with van der Waals surface area (Å²) in [7, 11) is 1.97. The second-order valence-electron chi connectivity index (χ2n) is 5.05. The van der Waals surface area contributed by atoms with Gasteiger partial charge in [-0.3, -0.25) is 9.97 Å². The van der Waals surface area contributed by atoms with Crippen LogP contribution < -0.4 is 4.90 Å². The molecule has 4 rings (SSSR count). The Morgan fingerprint density at radius 2 is 2.13 bits per heavy atom. The number of fused-ring (bicyclic) bond motifs is 1. The number of hydrogen-bond acceptors (Lipinski definition) is 7. The molecule has 4 heterocycles. The van der Waals surface area contributed by atoms with Crippen LogP contribution in [0.15, 0.2) is 47.5 Å². The summed E-state index contributed by atoms with van der Waals surface area (Å²) in [4.78, 5) is 10.4. The molecular formula is C15H13N7S. The lowest BCUT2D eigenvalue weighted by atomic mass is 10.3. The summed E-state index contributed by atoms with van der Waals surface area (Å²) in [5.74, 6) is 1.57. The molecule has 7 nitrogen and oxygen atoms in total. The van der Waals surface area contributed by atoms with Gasteiger partial charge in [-0.25, -0.2) is 0 Å². The van der Waals surface area contributed by atoms with Crippen molar-refractivity contribution in [3.63, 3.8) is 0 Å². The molecule has 23 heavy (non-hydrogen) atoms. The number of rotatable bonds is 4. The maximum Gasteiger partial charge on any atom is 0.186 e. The highest BCUT2D eigenvalue weighted by molar-refractivity contribution is 7.08. The molecule has 114 valence electrons. The van der Waals surface area contributed by atoms with Crippen LogP contribution in [0.5, 0.6) is 0 Å². The normalized spacial score (nSPS) is 11.0. The first-order valence-corrected chi connectivity index (χ1v) is 7.96. The molecule has 0 bridgehead atoms. The van der Waals surface area contributed by atoms with Gasteiger partial charge in [0.2, 0.25) is 0 Å². The smallest absolute Gasteiger partial charge is 0.186 e. The molecule has 4 aromatic heterocycles. The van der Waals surface area contributed by atoms with Crippen LogP contribution in [0.2, 0.25) is 0 Å². The second-order valence-corrected chi connectivity index (χ2v) is 5.83. The van der Waals surface area contributed by atoms with Crippen LogP contribution in [0.1, 0.15) is 5.69 Å². The molecule has 0 aliphatic carbocycles. The number of nitrogens with zero attached hydrogens (tertiary/aromatic N) is 7. The predicted molar refractivity (Wildman–Crippen MR) is 88.2 cm³/mol. The van der Waals surface area contributed by atoms with E-state index in [0.717, 1.165) is 28.5 Å². The quantitative estimate of drug-likeness (QED) is 0.574. The third-order valence-corrected chi connectivity index (χ3v) is 4.12. The zero-order valence-electron chi connectivity index (χ0n) is 12.4. The van der Waals surface area contributed by atoms with Crippen LogP contribution in [0.4, 0.5) is 5.82 Å². The third-order valence-electron chi connectivity index (χ3n) is 3.44. The first-order chi connectivity index (χ1) is 11.3. The molecule has 0 N–H and O–H groups in total. The van der Waals surface area contributed by atoms with E-state index in [9.17, 15) is 0 Å². The summed E-state index contributed by atoms with van der Waals surface area (Å²) in [6.45, 7) is 0.627. The average Bonchev–Trinajstić information content (AvgIpc) is 3.24. The highest BCUT2D eigenvalue weighted by Gasteiger charge is 2.12. The van der Waals surface area contributed by atoms with E-state index in [1.54, 1.807) is 34.4 Å². The predicted octanol–water partition coefficient (Wildman–Crippen LogP) is 2.28. The van der Waals surface area contributed by atoms with Gasteiger partial charge in [0.15, 0.2) is 11.5 Å². The van der Waals surface area contributed by atoms with Crippen molar-refractivity contribution in [2.24, 2.45) is 0 Å². The van der Waals surface area contributed by atoms with Crippen molar-refractivity contribution < 1.29 is 0 Å². The fraction of sp³-hybridized carbons (Fsp3) is 0.133. The summed E-state index contributed by atoms with van der Waals surface area (Å²) in [6.07, 6.45) is 5.11. The molecule has 0 radical (unpaired) electrons. The van der Waals surface area contributed by atoms with Crippen LogP contribution in [-0.4, -0.2) is 36.8 Å². The summed E-state index contributed by atoms with van der Waals surface area (Å²) < 4.78 is 1.77. The van der Waals surface area contributed by atoms with Gasteiger partial charge in [-0.15, -0.1) is 15.3 Å². The van der Waals surface area contributed by atoms with Crippen LogP contribution in [0.3, 0.4) is 0 Å². The van der Waals surface area contributed by atoms with Crippen molar-refractivity contribution >= 4 is 22.8 Å². The topological polar surface area (TPSA) is 72.1 Å². The zero-order valence-corrected chi connectivity index (χ0v) is 13.2. The van der Waals surface area contributed by atoms with Gasteiger partial charge in [-0.2, -0.15) is 15.9 Å². The molecule has 8 heteroatoms. The number of aromatic nitrogens is 6. The monoisotopic (exact) mass is 323 g/mol. The van der Waals surface area contributed by atoms with E-state index in [2.05, 4.69) is 25.3 Å². The lowest BCUT2D eigenvalue weighted by Gasteiger charge is -2.17. The van der Waals surface area contributed by atoms with E-state index in [4.69, 9.17) is 0 Å². The maximum atomic E-state index is 4.66. The second kappa shape index (κ2) is 5.73. The minimum absolute atomic E-state index is 0.627. The van der Waals surface area contributed by atoms with Crippen LogP contribution in [-0.2, 0) is 6.54 Å². The standard InChI is InChI=1S/C15H13N7S/c1-21(9-12-8-16-5-6-17-12)14-3-2-13-18-19-15(22(13)20-14)11-4-7-23-10-11/h2-8,10H,9H2,1H3. The Balaban J connectivity index is 1.69. The molecular weight excluding hydrogens is 310 g/mol. The van der Waals surface area contributed by atoms with Gasteiger partial charge in [0.25, 0.3) is 0 Å². The molecule has 0 saturated carbocycles. The zero-order chi connectivity index (χ0) is 15.6. The summed E-state index contributed by atoms with van der Waals surface area (Å²) in [5.41, 5.74) is 2.63. The summed E-state index contributed by atoms with van der Waals surface area (Å²) in [5, 5.41) is 17.1. The fourth-order valence-corrected chi connectivity index (χ4v) is 2.92. The number of hydrogen-bond donors (Lipinski definition) is 0. The largest absolute Gasteiger partial charge is 0.352 e. The van der Waals surface area contributed by atoms with Crippen LogP contribution in [0.25, 0.3) is 17.0 Å². The van der Waals surface area contributed by atoms with E-state index in [1.807, 2.05) is 40.9 Å². The fourth-order valence-electron chi connectivity index (χ4n) is 2.29. The van der Waals surface area contributed by atoms with Gasteiger partial charge in [-0.1, -0.05) is 0 Å². The molecule has 0 saturated heterocycles. The highest BCUT2D eigenvalue weighted by atomic mass is 32.1. The van der Waals surface area contributed by atoms with E-state index < -0.39 is 0 Å². The van der Waals surface area contributed by atoms with Gasteiger partial charge in [0.05, 0.1) is 18.4 Å². The van der Waals surface area contributed by atoms with Crippen molar-refractivity contribution in [3.05, 3.63) is 53.2 Å². The van der Waals surface area contributed by atoms with E-state index >= 15 is 0 Å². The molecule has 0 atom stereocenters. The van der Waals surface area contributed by atoms with Crippen LogP contribution >= 0.6 is 11.3 Å². The number of anilines is 1. The summed E-state index contributed by atoms with van der Waals surface area (Å²) >= 11 is 1.62. The first kappa shape index (κ1) is 13.8. The van der Waals surface area contributed by atoms with E-state index in [1.165, 1.54) is 0 Å². The van der Waals surface area contributed by atoms with Crippen LogP contribution in [0, 0.1) is 0 Å². The average molecular weight is 323 g/mol. The van der Waals surface area contributed by atoms with Gasteiger partial charge >= 0.3 is 0 Å². The minimum atomic E-state index is 0.627. The maximum absolute atomic E-state index is 4.66. The van der Waals surface area contributed by atoms with E-state index in [-0.39, 0.29) is 0 Å². The van der Waals surface area contributed by atoms with Crippen molar-refractivity contribution in [1.82, 2.24) is 29.8 Å². The Kier molecular flexibility index (Phi) is 3.43. The first-order valence-electron chi connectivity index (χ1n) is 7.02. The van der Waals surface area contributed by atoms with Gasteiger partial charge in [0, 0.05) is 30.4 Å². The van der Waals surface area contributed by atoms with E-state index in [0.29, 0.717) is 6.54 Å². The van der Waals surface area contributed by atoms with Gasteiger partial charge in [-0.05, 0) is 23.6 Å². The minimum Gasteiger partial charge on any atom is -0.352 e. The van der Waals surface area contributed by atoms with Gasteiger partial charge < -0.3 is 4.90 Å². The summed E-state index contributed by atoms with van der Waals surface area (Å²) in [6, 6.07) is 5.86. The van der Waals surface area contributed by atoms with Crippen molar-refractivity contribution in [2.75, 3.05) is 11.9 Å². The third kappa shape index (κ3) is 2.64. The molecule has 0 aliphatic heterocycles. The molecule has 0 amide bonds. The molecule has 0 aromatic carbocycles. The lowest BCUT2D eigenvalue weighted by molar-refractivity contribution is 0.820. The SMILES string of the molecule is CN(Cc1cnccn1)c1ccc2nnc(-c3ccsc3)n2n1. The Labute approximate surface area is 136 Å². The Hall–Kier alpha value is -2.87. The number of thiophene rings is 1. The molecule has 4 aromatic rings. The molecule has 0 unspecified atom stereocenters. The molecule has 0 fully saturated rings. The molecule has 0 aliphatic rings. The Morgan fingerprint density at radius 3 is 2.91 bits per heavy atom. The highest BCUT2D eigenvalue weighted by Crippen LogP contribution is 2.21. The Bertz CT molecular complexity index is 918. The van der Waals surface area contributed by atoms with Crippen molar-refractivity contribution in [1.29, 1.82) is 0 Å². The Morgan fingerprint density at radius 1 is 1.17 bits per heavy atom. The van der Waals surface area contributed by atoms with Gasteiger partial charge in [0.1, 0.15) is 5.82 Å². The van der Waals surface area contributed by atoms with Crippen molar-refractivity contribution in [2.45, 2.75) is 6.54 Å². The lowest BCUT2D eigenvalue weighted by Crippen LogP contribution is -2.19. The van der Waals surface area contributed by atoms with Crippen molar-refractivity contribution in [3.8, 4) is 11.4 Å². The molecule has 0 spiro atoms.